The quantitative estimate of drug-likeness (QED) is 0.214. The van der Waals surface area contributed by atoms with Gasteiger partial charge in [-0.3, -0.25) is 4.99 Å². The minimum absolute atomic E-state index is 0.409. The van der Waals surface area contributed by atoms with Crippen LogP contribution in [0.25, 0.3) is 0 Å². The first-order chi connectivity index (χ1) is 6.26. The summed E-state index contributed by atoms with van der Waals surface area (Å²) in [5, 5.41) is 0. The normalized spacial score (nSPS) is 14.3. The van der Waals surface area contributed by atoms with Gasteiger partial charge in [-0.15, -0.1) is 0 Å². The van der Waals surface area contributed by atoms with Gasteiger partial charge in [0.25, 0.3) is 0 Å². The average molecular weight is 187 g/mol. The van der Waals surface area contributed by atoms with Crippen LogP contribution in [0.1, 0.15) is 26.7 Å². The maximum absolute atomic E-state index is 5.36. The molecule has 4 heteroatoms. The molecule has 0 spiro atoms. The van der Waals surface area contributed by atoms with E-state index in [4.69, 9.17) is 10.6 Å². The van der Waals surface area contributed by atoms with Gasteiger partial charge in [0.2, 0.25) is 0 Å². The van der Waals surface area contributed by atoms with E-state index in [0.717, 1.165) is 18.7 Å². The van der Waals surface area contributed by atoms with Crippen LogP contribution in [0.4, 0.5) is 0 Å². The van der Waals surface area contributed by atoms with E-state index in [9.17, 15) is 0 Å². The van der Waals surface area contributed by atoms with Crippen molar-refractivity contribution < 1.29 is 4.74 Å². The van der Waals surface area contributed by atoms with Crippen molar-refractivity contribution in [3.05, 3.63) is 0 Å². The van der Waals surface area contributed by atoms with Gasteiger partial charge in [0.05, 0.1) is 13.2 Å². The second kappa shape index (κ2) is 8.01. The van der Waals surface area contributed by atoms with Crippen molar-refractivity contribution in [1.29, 1.82) is 0 Å². The number of hydrazine groups is 1. The van der Waals surface area contributed by atoms with Crippen molar-refractivity contribution >= 4 is 5.84 Å². The minimum atomic E-state index is 0.409. The molecule has 0 aromatic rings. The fourth-order valence-electron chi connectivity index (χ4n) is 1.17. The van der Waals surface area contributed by atoms with Gasteiger partial charge in [-0.2, -0.15) is 0 Å². The van der Waals surface area contributed by atoms with E-state index in [-0.39, 0.29) is 0 Å². The van der Waals surface area contributed by atoms with Crippen LogP contribution >= 0.6 is 0 Å². The maximum atomic E-state index is 5.36. The molecule has 0 aliphatic heterocycles. The summed E-state index contributed by atoms with van der Waals surface area (Å²) in [5.74, 6) is 6.65. The molecular formula is C9H21N3O. The van der Waals surface area contributed by atoms with Crippen LogP contribution in [0.3, 0.4) is 0 Å². The summed E-state index contributed by atoms with van der Waals surface area (Å²) in [5.41, 5.74) is 2.64. The summed E-state index contributed by atoms with van der Waals surface area (Å²) in [6, 6.07) is 0. The zero-order valence-corrected chi connectivity index (χ0v) is 8.84. The molecule has 0 aliphatic rings. The predicted molar refractivity (Wildman–Crippen MR) is 55.6 cm³/mol. The van der Waals surface area contributed by atoms with Gasteiger partial charge in [-0.05, 0) is 6.42 Å². The molecule has 0 aliphatic carbocycles. The third-order valence-corrected chi connectivity index (χ3v) is 1.91. The second-order valence-corrected chi connectivity index (χ2v) is 3.09. The number of rotatable bonds is 6. The smallest absolute Gasteiger partial charge is 0.113 e. The fraction of sp³-hybridized carbons (Fsp3) is 0.889. The Morgan fingerprint density at radius 2 is 2.31 bits per heavy atom. The maximum Gasteiger partial charge on any atom is 0.113 e. The van der Waals surface area contributed by atoms with Crippen molar-refractivity contribution in [1.82, 2.24) is 5.43 Å². The first kappa shape index (κ1) is 12.4. The largest absolute Gasteiger partial charge is 0.383 e. The summed E-state index contributed by atoms with van der Waals surface area (Å²) in [6.45, 7) is 5.59. The van der Waals surface area contributed by atoms with E-state index >= 15 is 0 Å². The molecule has 0 amide bonds. The van der Waals surface area contributed by atoms with Crippen LogP contribution < -0.4 is 11.3 Å². The van der Waals surface area contributed by atoms with E-state index < -0.39 is 0 Å². The number of hydrogen-bond donors (Lipinski definition) is 2. The van der Waals surface area contributed by atoms with Crippen molar-refractivity contribution in [2.75, 3.05) is 20.3 Å². The molecule has 0 heterocycles. The molecule has 0 radical (unpaired) electrons. The highest BCUT2D eigenvalue weighted by molar-refractivity contribution is 5.83. The Labute approximate surface area is 80.5 Å². The van der Waals surface area contributed by atoms with Crippen LogP contribution in [-0.2, 0) is 4.74 Å². The topological polar surface area (TPSA) is 59.6 Å². The van der Waals surface area contributed by atoms with E-state index in [1.165, 1.54) is 0 Å². The molecule has 0 bridgehead atoms. The van der Waals surface area contributed by atoms with Crippen LogP contribution in [0, 0.1) is 5.92 Å². The number of nitrogens with two attached hydrogens (primary N) is 1. The molecular weight excluding hydrogens is 166 g/mol. The first-order valence-corrected chi connectivity index (χ1v) is 4.76. The number of amidine groups is 1. The van der Waals surface area contributed by atoms with Gasteiger partial charge < -0.3 is 10.2 Å². The lowest BCUT2D eigenvalue weighted by molar-refractivity contribution is 0.208. The molecule has 3 N–H and O–H groups in total. The fourth-order valence-corrected chi connectivity index (χ4v) is 1.17. The van der Waals surface area contributed by atoms with Crippen molar-refractivity contribution in [3.63, 3.8) is 0 Å². The molecule has 1 atom stereocenters. The van der Waals surface area contributed by atoms with E-state index in [2.05, 4.69) is 24.3 Å². The Hall–Kier alpha value is -0.610. The molecule has 0 aromatic carbocycles. The zero-order chi connectivity index (χ0) is 10.1. The highest BCUT2D eigenvalue weighted by Gasteiger charge is 2.06. The summed E-state index contributed by atoms with van der Waals surface area (Å²) in [7, 11) is 1.67. The first-order valence-electron chi connectivity index (χ1n) is 4.76. The SMILES string of the molecule is CCCC(C)C(=NCCOC)NN. The van der Waals surface area contributed by atoms with Crippen molar-refractivity contribution in [3.8, 4) is 0 Å². The van der Waals surface area contributed by atoms with Crippen LogP contribution in [0.2, 0.25) is 0 Å². The van der Waals surface area contributed by atoms with Gasteiger partial charge in [-0.25, -0.2) is 5.84 Å². The van der Waals surface area contributed by atoms with Crippen LogP contribution in [-0.4, -0.2) is 26.1 Å². The second-order valence-electron chi connectivity index (χ2n) is 3.09. The van der Waals surface area contributed by atoms with Gasteiger partial charge in [0.1, 0.15) is 5.84 Å². The van der Waals surface area contributed by atoms with Crippen LogP contribution in [0.15, 0.2) is 4.99 Å². The molecule has 78 valence electrons. The third-order valence-electron chi connectivity index (χ3n) is 1.91. The van der Waals surface area contributed by atoms with E-state index in [1.54, 1.807) is 7.11 Å². The summed E-state index contributed by atoms with van der Waals surface area (Å²) in [6.07, 6.45) is 2.25. The predicted octanol–water partition coefficient (Wildman–Crippen LogP) is 0.931. The molecule has 0 saturated carbocycles. The van der Waals surface area contributed by atoms with Crippen molar-refractivity contribution in [2.45, 2.75) is 26.7 Å². The van der Waals surface area contributed by atoms with Crippen molar-refractivity contribution in [2.24, 2.45) is 16.8 Å². The lowest BCUT2D eigenvalue weighted by atomic mass is 10.1. The minimum Gasteiger partial charge on any atom is -0.383 e. The number of nitrogens with zero attached hydrogens (tertiary/aromatic N) is 1. The number of hydrogen-bond acceptors (Lipinski definition) is 3. The highest BCUT2D eigenvalue weighted by Crippen LogP contribution is 2.05. The number of methoxy groups -OCH3 is 1. The summed E-state index contributed by atoms with van der Waals surface area (Å²) in [4.78, 5) is 4.31. The molecule has 0 aromatic heterocycles. The molecule has 0 saturated heterocycles. The Morgan fingerprint density at radius 3 is 2.77 bits per heavy atom. The molecule has 0 fully saturated rings. The van der Waals surface area contributed by atoms with E-state index in [1.807, 2.05) is 0 Å². The monoisotopic (exact) mass is 187 g/mol. The van der Waals surface area contributed by atoms with Gasteiger partial charge in [-0.1, -0.05) is 20.3 Å². The number of nitrogens with one attached hydrogen (secondary N) is 1. The Bertz CT molecular complexity index is 148. The Morgan fingerprint density at radius 1 is 1.62 bits per heavy atom. The lowest BCUT2D eigenvalue weighted by Gasteiger charge is -2.12. The van der Waals surface area contributed by atoms with Crippen LogP contribution in [0.5, 0.6) is 0 Å². The standard InChI is InChI=1S/C9H21N3O/c1-4-5-8(2)9(12-10)11-6-7-13-3/h8H,4-7,10H2,1-3H3,(H,11,12). The molecule has 0 rings (SSSR count). The third kappa shape index (κ3) is 5.60. The van der Waals surface area contributed by atoms with Gasteiger partial charge >= 0.3 is 0 Å². The summed E-state index contributed by atoms with van der Waals surface area (Å²) < 4.78 is 4.90. The molecule has 1 unspecified atom stereocenters. The van der Waals surface area contributed by atoms with Gasteiger partial charge in [0.15, 0.2) is 0 Å². The molecule has 4 nitrogen and oxygen atoms in total. The number of aliphatic imine (C=N–C) groups is 1. The lowest BCUT2D eigenvalue weighted by Crippen LogP contribution is -2.35. The zero-order valence-electron chi connectivity index (χ0n) is 8.84. The Kier molecular flexibility index (Phi) is 7.63. The number of ether oxygens (including phenoxy) is 1. The highest BCUT2D eigenvalue weighted by atomic mass is 16.5. The van der Waals surface area contributed by atoms with Gasteiger partial charge in [0, 0.05) is 13.0 Å². The average Bonchev–Trinajstić information content (AvgIpc) is 2.13. The Balaban J connectivity index is 3.90. The van der Waals surface area contributed by atoms with E-state index in [0.29, 0.717) is 19.1 Å². The summed E-state index contributed by atoms with van der Waals surface area (Å²) >= 11 is 0. The molecule has 13 heavy (non-hydrogen) atoms.